The molecule has 0 spiro atoms. The Hall–Kier alpha value is -4.47. The Morgan fingerprint density at radius 2 is 1.88 bits per heavy atom. The summed E-state index contributed by atoms with van der Waals surface area (Å²) in [5, 5.41) is 11.3. The van der Waals surface area contributed by atoms with Crippen LogP contribution in [-0.4, -0.2) is 39.6 Å². The van der Waals surface area contributed by atoms with E-state index >= 15 is 0 Å². The van der Waals surface area contributed by atoms with Gasteiger partial charge in [0.15, 0.2) is 5.69 Å². The summed E-state index contributed by atoms with van der Waals surface area (Å²) in [5.74, 6) is 0.496. The molecule has 168 valence electrons. The standard InChI is InChI=1S/C23H20N4O6/c1-14-20(10-11-24-21(14)22(28)32-3)33-23-25-18-9-6-16(27(29)30)12-19(18)26(23)13-15-4-7-17(31-2)8-5-15/h4-12H,13H2,1-3H3. The molecule has 0 unspecified atom stereocenters. The van der Waals surface area contributed by atoms with Crippen molar-refractivity contribution in [2.45, 2.75) is 13.5 Å². The summed E-state index contributed by atoms with van der Waals surface area (Å²) < 4.78 is 17.8. The number of non-ortho nitro benzene ring substituents is 1. The zero-order valence-electron chi connectivity index (χ0n) is 18.1. The lowest BCUT2D eigenvalue weighted by molar-refractivity contribution is -0.384. The Bertz CT molecular complexity index is 1350. The first-order valence-electron chi connectivity index (χ1n) is 9.90. The molecule has 0 aliphatic rings. The van der Waals surface area contributed by atoms with Crippen LogP contribution in [0.15, 0.2) is 54.7 Å². The van der Waals surface area contributed by atoms with Gasteiger partial charge in [-0.05, 0) is 36.8 Å². The summed E-state index contributed by atoms with van der Waals surface area (Å²) in [6.07, 6.45) is 1.44. The Morgan fingerprint density at radius 3 is 2.55 bits per heavy atom. The molecule has 0 saturated heterocycles. The number of methoxy groups -OCH3 is 2. The number of imidazole rings is 1. The van der Waals surface area contributed by atoms with Gasteiger partial charge in [0.2, 0.25) is 0 Å². The Morgan fingerprint density at radius 1 is 1.12 bits per heavy atom. The van der Waals surface area contributed by atoms with Gasteiger partial charge >= 0.3 is 12.0 Å². The van der Waals surface area contributed by atoms with Gasteiger partial charge in [-0.3, -0.25) is 14.7 Å². The van der Waals surface area contributed by atoms with E-state index < -0.39 is 10.9 Å². The van der Waals surface area contributed by atoms with E-state index in [2.05, 4.69) is 9.97 Å². The van der Waals surface area contributed by atoms with Gasteiger partial charge in [-0.25, -0.2) is 9.78 Å². The number of nitro benzene ring substituents is 1. The van der Waals surface area contributed by atoms with Crippen LogP contribution in [0.5, 0.6) is 17.5 Å². The molecule has 2 heterocycles. The number of rotatable bonds is 7. The zero-order valence-corrected chi connectivity index (χ0v) is 18.1. The maximum Gasteiger partial charge on any atom is 0.357 e. The molecule has 0 aliphatic carbocycles. The van der Waals surface area contributed by atoms with E-state index in [1.165, 1.54) is 25.4 Å². The number of benzene rings is 2. The summed E-state index contributed by atoms with van der Waals surface area (Å²) in [6, 6.07) is 13.7. The number of esters is 1. The molecule has 0 amide bonds. The first-order chi connectivity index (χ1) is 15.9. The van der Waals surface area contributed by atoms with Crippen LogP contribution >= 0.6 is 0 Å². The average molecular weight is 448 g/mol. The number of aromatic nitrogens is 3. The smallest absolute Gasteiger partial charge is 0.357 e. The highest BCUT2D eigenvalue weighted by Crippen LogP contribution is 2.31. The SMILES string of the molecule is COC(=O)c1nccc(Oc2nc3ccc([N+](=O)[O-])cc3n2Cc2ccc(OC)cc2)c1C. The van der Waals surface area contributed by atoms with Crippen molar-refractivity contribution in [3.63, 3.8) is 0 Å². The highest BCUT2D eigenvalue weighted by atomic mass is 16.6. The Kier molecular flexibility index (Phi) is 5.90. The van der Waals surface area contributed by atoms with Crippen LogP contribution in [0, 0.1) is 17.0 Å². The third kappa shape index (κ3) is 4.31. The highest BCUT2D eigenvalue weighted by molar-refractivity contribution is 5.89. The largest absolute Gasteiger partial charge is 0.497 e. The van der Waals surface area contributed by atoms with Crippen LogP contribution in [0.2, 0.25) is 0 Å². The van der Waals surface area contributed by atoms with E-state index in [4.69, 9.17) is 14.2 Å². The first-order valence-corrected chi connectivity index (χ1v) is 9.90. The topological polar surface area (TPSA) is 119 Å². The minimum atomic E-state index is -0.583. The van der Waals surface area contributed by atoms with E-state index in [0.717, 1.165) is 5.56 Å². The van der Waals surface area contributed by atoms with E-state index in [-0.39, 0.29) is 17.4 Å². The van der Waals surface area contributed by atoms with Gasteiger partial charge in [0.25, 0.3) is 5.69 Å². The highest BCUT2D eigenvalue weighted by Gasteiger charge is 2.20. The second-order valence-electron chi connectivity index (χ2n) is 7.14. The van der Waals surface area contributed by atoms with Crippen LogP contribution in [0.25, 0.3) is 11.0 Å². The van der Waals surface area contributed by atoms with Gasteiger partial charge in [-0.1, -0.05) is 12.1 Å². The number of hydrogen-bond acceptors (Lipinski definition) is 8. The third-order valence-electron chi connectivity index (χ3n) is 5.14. The maximum absolute atomic E-state index is 12.0. The Balaban J connectivity index is 1.81. The molecule has 33 heavy (non-hydrogen) atoms. The predicted molar refractivity (Wildman–Crippen MR) is 119 cm³/mol. The minimum absolute atomic E-state index is 0.0574. The van der Waals surface area contributed by atoms with Gasteiger partial charge in [0.05, 0.1) is 36.7 Å². The van der Waals surface area contributed by atoms with Crippen LogP contribution in [-0.2, 0) is 11.3 Å². The van der Waals surface area contributed by atoms with Crippen molar-refractivity contribution in [2.75, 3.05) is 14.2 Å². The summed E-state index contributed by atoms with van der Waals surface area (Å²) in [7, 11) is 2.86. The monoisotopic (exact) mass is 448 g/mol. The molecule has 4 aromatic rings. The molecule has 0 radical (unpaired) electrons. The molecule has 10 heteroatoms. The number of fused-ring (bicyclic) bond motifs is 1. The molecule has 0 aliphatic heterocycles. The van der Waals surface area contributed by atoms with E-state index in [1.807, 2.05) is 24.3 Å². The third-order valence-corrected chi connectivity index (χ3v) is 5.14. The van der Waals surface area contributed by atoms with Crippen molar-refractivity contribution < 1.29 is 23.9 Å². The van der Waals surface area contributed by atoms with Crippen molar-refractivity contribution in [2.24, 2.45) is 0 Å². The van der Waals surface area contributed by atoms with Crippen molar-refractivity contribution in [1.29, 1.82) is 0 Å². The van der Waals surface area contributed by atoms with E-state index in [0.29, 0.717) is 34.6 Å². The molecular weight excluding hydrogens is 428 g/mol. The number of nitro groups is 1. The summed E-state index contributed by atoms with van der Waals surface area (Å²) in [6.45, 7) is 2.03. The van der Waals surface area contributed by atoms with Gasteiger partial charge < -0.3 is 14.2 Å². The quantitative estimate of drug-likeness (QED) is 0.233. The van der Waals surface area contributed by atoms with Crippen LogP contribution < -0.4 is 9.47 Å². The van der Waals surface area contributed by atoms with Gasteiger partial charge in [-0.2, -0.15) is 4.98 Å². The van der Waals surface area contributed by atoms with Crippen molar-refractivity contribution in [3.8, 4) is 17.5 Å². The second kappa shape index (κ2) is 8.95. The zero-order chi connectivity index (χ0) is 23.5. The van der Waals surface area contributed by atoms with Crippen molar-refractivity contribution >= 4 is 22.7 Å². The lowest BCUT2D eigenvalue weighted by Gasteiger charge is -2.13. The number of nitrogens with zero attached hydrogens (tertiary/aromatic N) is 4. The fraction of sp³-hybridized carbons (Fsp3) is 0.174. The number of hydrogen-bond donors (Lipinski definition) is 0. The molecule has 10 nitrogen and oxygen atoms in total. The normalized spacial score (nSPS) is 10.8. The number of carbonyl (C=O) groups is 1. The van der Waals surface area contributed by atoms with Crippen LogP contribution in [0.1, 0.15) is 21.6 Å². The fourth-order valence-corrected chi connectivity index (χ4v) is 3.38. The van der Waals surface area contributed by atoms with Crippen molar-refractivity contribution in [3.05, 3.63) is 81.7 Å². The molecule has 2 aromatic heterocycles. The van der Waals surface area contributed by atoms with Crippen molar-refractivity contribution in [1.82, 2.24) is 14.5 Å². The van der Waals surface area contributed by atoms with Gasteiger partial charge in [-0.15, -0.1) is 0 Å². The molecular formula is C23H20N4O6. The van der Waals surface area contributed by atoms with E-state index in [9.17, 15) is 14.9 Å². The lowest BCUT2D eigenvalue weighted by Crippen LogP contribution is -2.08. The summed E-state index contributed by atoms with van der Waals surface area (Å²) in [5.41, 5.74) is 2.53. The second-order valence-corrected chi connectivity index (χ2v) is 7.14. The molecule has 0 bridgehead atoms. The fourth-order valence-electron chi connectivity index (χ4n) is 3.38. The molecule has 0 saturated carbocycles. The van der Waals surface area contributed by atoms with Gasteiger partial charge in [0, 0.05) is 23.9 Å². The number of ether oxygens (including phenoxy) is 3. The molecule has 0 fully saturated rings. The van der Waals surface area contributed by atoms with Crippen LogP contribution in [0.4, 0.5) is 5.69 Å². The lowest BCUT2D eigenvalue weighted by atomic mass is 10.2. The van der Waals surface area contributed by atoms with Gasteiger partial charge in [0.1, 0.15) is 11.5 Å². The number of carbonyl (C=O) groups excluding carboxylic acids is 1. The predicted octanol–water partition coefficient (Wildman–Crippen LogP) is 4.28. The summed E-state index contributed by atoms with van der Waals surface area (Å²) in [4.78, 5) is 31.5. The Labute approximate surface area is 188 Å². The minimum Gasteiger partial charge on any atom is -0.497 e. The first kappa shape index (κ1) is 21.8. The molecule has 0 atom stereocenters. The summed E-state index contributed by atoms with van der Waals surface area (Å²) >= 11 is 0. The van der Waals surface area contributed by atoms with Crippen LogP contribution in [0.3, 0.4) is 0 Å². The molecule has 2 aromatic carbocycles. The molecule has 0 N–H and O–H groups in total. The number of pyridine rings is 1. The average Bonchev–Trinajstić information content (AvgIpc) is 3.16. The molecule has 4 rings (SSSR count). The van der Waals surface area contributed by atoms with E-state index in [1.54, 1.807) is 30.7 Å². The maximum atomic E-state index is 12.0.